The number of aryl methyl sites for hydroxylation is 1. The van der Waals surface area contributed by atoms with Gasteiger partial charge in [0.1, 0.15) is 5.69 Å². The maximum Gasteiger partial charge on any atom is 0.355 e. The minimum atomic E-state index is -0.915. The molecule has 1 atom stereocenters. The molecule has 0 saturated heterocycles. The van der Waals surface area contributed by atoms with Gasteiger partial charge in [0.25, 0.3) is 5.91 Å². The van der Waals surface area contributed by atoms with Crippen molar-refractivity contribution in [2.24, 2.45) is 0 Å². The third-order valence-corrected chi connectivity index (χ3v) is 3.13. The Balaban J connectivity index is 2.94. The van der Waals surface area contributed by atoms with Gasteiger partial charge < -0.3 is 19.8 Å². The van der Waals surface area contributed by atoms with Crippen LogP contribution in [-0.4, -0.2) is 42.1 Å². The molecule has 0 spiro atoms. The first-order chi connectivity index (χ1) is 10.3. The molecule has 22 heavy (non-hydrogen) atoms. The SMILES string of the molecule is CCNC(=O)[C@H](C)OC(=O)c1[nH]c(C)c(C(=O)OCC)c1C. The molecule has 0 radical (unpaired) electrons. The van der Waals surface area contributed by atoms with Gasteiger partial charge in [-0.1, -0.05) is 0 Å². The van der Waals surface area contributed by atoms with Crippen molar-refractivity contribution in [2.75, 3.05) is 13.2 Å². The molecule has 122 valence electrons. The number of H-pyrrole nitrogens is 1. The number of nitrogens with one attached hydrogen (secondary N) is 2. The molecule has 1 aromatic rings. The molecule has 0 aliphatic heterocycles. The maximum atomic E-state index is 12.1. The molecule has 7 nitrogen and oxygen atoms in total. The van der Waals surface area contributed by atoms with Crippen molar-refractivity contribution in [1.29, 1.82) is 0 Å². The molecule has 1 heterocycles. The van der Waals surface area contributed by atoms with E-state index in [-0.39, 0.29) is 18.2 Å². The molecule has 0 fully saturated rings. The lowest BCUT2D eigenvalue weighted by Gasteiger charge is -2.12. The molecule has 1 rings (SSSR count). The summed E-state index contributed by atoms with van der Waals surface area (Å²) in [6, 6.07) is 0. The summed E-state index contributed by atoms with van der Waals surface area (Å²) in [5.74, 6) is -1.55. The summed E-state index contributed by atoms with van der Waals surface area (Å²) in [6.45, 7) is 8.97. The fraction of sp³-hybridized carbons (Fsp3) is 0.533. The maximum absolute atomic E-state index is 12.1. The Hall–Kier alpha value is -2.31. The first-order valence-corrected chi connectivity index (χ1v) is 7.18. The number of esters is 2. The highest BCUT2D eigenvalue weighted by atomic mass is 16.5. The molecule has 1 aromatic heterocycles. The van der Waals surface area contributed by atoms with Crippen molar-refractivity contribution in [3.63, 3.8) is 0 Å². The predicted octanol–water partition coefficient (Wildman–Crippen LogP) is 1.49. The molecule has 0 bridgehead atoms. The van der Waals surface area contributed by atoms with Crippen LogP contribution >= 0.6 is 0 Å². The van der Waals surface area contributed by atoms with Crippen molar-refractivity contribution in [1.82, 2.24) is 10.3 Å². The molecule has 0 aromatic carbocycles. The second-order valence-electron chi connectivity index (χ2n) is 4.79. The van der Waals surface area contributed by atoms with Gasteiger partial charge in [0, 0.05) is 12.2 Å². The first-order valence-electron chi connectivity index (χ1n) is 7.18. The standard InChI is InChI=1S/C15H22N2O5/c1-6-16-13(18)10(5)22-15(20)12-8(3)11(9(4)17-12)14(19)21-7-2/h10,17H,6-7H2,1-5H3,(H,16,18)/t10-/m0/s1. The minimum Gasteiger partial charge on any atom is -0.462 e. The van der Waals surface area contributed by atoms with Crippen LogP contribution in [0, 0.1) is 13.8 Å². The van der Waals surface area contributed by atoms with Gasteiger partial charge in [-0.25, -0.2) is 9.59 Å². The summed E-state index contributed by atoms with van der Waals surface area (Å²) in [4.78, 5) is 38.4. The third-order valence-electron chi connectivity index (χ3n) is 3.13. The van der Waals surface area contributed by atoms with E-state index < -0.39 is 18.0 Å². The zero-order valence-corrected chi connectivity index (χ0v) is 13.5. The zero-order chi connectivity index (χ0) is 16.9. The number of rotatable bonds is 6. The minimum absolute atomic E-state index is 0.150. The Bertz CT molecular complexity index is 577. The van der Waals surface area contributed by atoms with E-state index in [2.05, 4.69) is 10.3 Å². The topological polar surface area (TPSA) is 97.5 Å². The second-order valence-corrected chi connectivity index (χ2v) is 4.79. The van der Waals surface area contributed by atoms with Crippen LogP contribution in [-0.2, 0) is 14.3 Å². The van der Waals surface area contributed by atoms with Gasteiger partial charge in [-0.05, 0) is 40.2 Å². The van der Waals surface area contributed by atoms with Gasteiger partial charge in [-0.15, -0.1) is 0 Å². The summed E-state index contributed by atoms with van der Waals surface area (Å²) in [7, 11) is 0. The quantitative estimate of drug-likeness (QED) is 0.776. The lowest BCUT2D eigenvalue weighted by atomic mass is 10.1. The molecule has 0 saturated carbocycles. The lowest BCUT2D eigenvalue weighted by Crippen LogP contribution is -2.35. The lowest BCUT2D eigenvalue weighted by molar-refractivity contribution is -0.128. The summed E-state index contributed by atoms with van der Waals surface area (Å²) in [6.07, 6.45) is -0.915. The van der Waals surface area contributed by atoms with E-state index in [1.54, 1.807) is 27.7 Å². The summed E-state index contributed by atoms with van der Waals surface area (Å²) in [5.41, 5.74) is 1.44. The van der Waals surface area contributed by atoms with Crippen LogP contribution in [0.4, 0.5) is 0 Å². The van der Waals surface area contributed by atoms with E-state index in [1.165, 1.54) is 6.92 Å². The number of carbonyl (C=O) groups excluding carboxylic acids is 3. The summed E-state index contributed by atoms with van der Waals surface area (Å²) in [5, 5.41) is 2.57. The number of hydrogen-bond donors (Lipinski definition) is 2. The van der Waals surface area contributed by atoms with Gasteiger partial charge in [0.05, 0.1) is 12.2 Å². The Morgan fingerprint density at radius 3 is 2.36 bits per heavy atom. The largest absolute Gasteiger partial charge is 0.462 e. The van der Waals surface area contributed by atoms with Crippen LogP contribution in [0.25, 0.3) is 0 Å². The number of aromatic nitrogens is 1. The molecular formula is C15H22N2O5. The fourth-order valence-electron chi connectivity index (χ4n) is 2.05. The number of likely N-dealkylation sites (N-methyl/N-ethyl adjacent to an activating group) is 1. The van der Waals surface area contributed by atoms with Crippen LogP contribution in [0.3, 0.4) is 0 Å². The third kappa shape index (κ3) is 3.87. The smallest absolute Gasteiger partial charge is 0.355 e. The normalized spacial score (nSPS) is 11.7. The fourth-order valence-corrected chi connectivity index (χ4v) is 2.05. The van der Waals surface area contributed by atoms with Crippen LogP contribution in [0.1, 0.15) is 52.9 Å². The molecule has 0 unspecified atom stereocenters. The molecule has 1 amide bonds. The van der Waals surface area contributed by atoms with Crippen LogP contribution < -0.4 is 5.32 Å². The summed E-state index contributed by atoms with van der Waals surface area (Å²) < 4.78 is 10.1. The van der Waals surface area contributed by atoms with Crippen molar-refractivity contribution < 1.29 is 23.9 Å². The van der Waals surface area contributed by atoms with Crippen LogP contribution in [0.15, 0.2) is 0 Å². The number of carbonyl (C=O) groups is 3. The Labute approximate surface area is 129 Å². The van der Waals surface area contributed by atoms with Gasteiger partial charge in [-0.2, -0.15) is 0 Å². The Morgan fingerprint density at radius 2 is 1.82 bits per heavy atom. The van der Waals surface area contributed by atoms with E-state index in [1.807, 2.05) is 0 Å². The van der Waals surface area contributed by atoms with Gasteiger partial charge in [-0.3, -0.25) is 4.79 Å². The molecular weight excluding hydrogens is 288 g/mol. The molecule has 2 N–H and O–H groups in total. The monoisotopic (exact) mass is 310 g/mol. The van der Waals surface area contributed by atoms with Crippen molar-refractivity contribution in [3.8, 4) is 0 Å². The second kappa shape index (κ2) is 7.63. The summed E-state index contributed by atoms with van der Waals surface area (Å²) >= 11 is 0. The first kappa shape index (κ1) is 17.7. The average Bonchev–Trinajstić information content (AvgIpc) is 2.74. The number of amides is 1. The Kier molecular flexibility index (Phi) is 6.15. The van der Waals surface area contributed by atoms with E-state index in [0.717, 1.165) is 0 Å². The highest BCUT2D eigenvalue weighted by molar-refractivity contribution is 5.99. The van der Waals surface area contributed by atoms with E-state index in [4.69, 9.17) is 9.47 Å². The number of hydrogen-bond acceptors (Lipinski definition) is 5. The number of ether oxygens (including phenoxy) is 2. The van der Waals surface area contributed by atoms with Crippen molar-refractivity contribution in [2.45, 2.75) is 40.7 Å². The van der Waals surface area contributed by atoms with E-state index >= 15 is 0 Å². The van der Waals surface area contributed by atoms with Gasteiger partial charge in [0.2, 0.25) is 0 Å². The van der Waals surface area contributed by atoms with Crippen LogP contribution in [0.2, 0.25) is 0 Å². The Morgan fingerprint density at radius 1 is 1.18 bits per heavy atom. The molecule has 0 aliphatic carbocycles. The predicted molar refractivity (Wildman–Crippen MR) is 79.8 cm³/mol. The van der Waals surface area contributed by atoms with E-state index in [0.29, 0.717) is 23.4 Å². The highest BCUT2D eigenvalue weighted by Gasteiger charge is 2.26. The molecule has 7 heteroatoms. The zero-order valence-electron chi connectivity index (χ0n) is 13.5. The number of aromatic amines is 1. The average molecular weight is 310 g/mol. The van der Waals surface area contributed by atoms with E-state index in [9.17, 15) is 14.4 Å². The van der Waals surface area contributed by atoms with Crippen molar-refractivity contribution >= 4 is 17.8 Å². The van der Waals surface area contributed by atoms with Crippen LogP contribution in [0.5, 0.6) is 0 Å². The highest BCUT2D eigenvalue weighted by Crippen LogP contribution is 2.20. The van der Waals surface area contributed by atoms with Gasteiger partial charge in [0.15, 0.2) is 6.10 Å². The van der Waals surface area contributed by atoms with Crippen molar-refractivity contribution in [3.05, 3.63) is 22.5 Å². The van der Waals surface area contributed by atoms with Gasteiger partial charge >= 0.3 is 11.9 Å². The molecule has 0 aliphatic rings.